The minimum atomic E-state index is 0.0760. The van der Waals surface area contributed by atoms with E-state index in [9.17, 15) is 0 Å². The molecule has 3 rings (SSSR count). The number of fused-ring (bicyclic) bond motifs is 1. The summed E-state index contributed by atoms with van der Waals surface area (Å²) in [4.78, 5) is 0. The zero-order valence-corrected chi connectivity index (χ0v) is 8.11. The highest BCUT2D eigenvalue weighted by Gasteiger charge is 2.46. The molecule has 1 atom stereocenters. The molecule has 1 spiro atoms. The second kappa shape index (κ2) is 2.77. The zero-order valence-electron chi connectivity index (χ0n) is 8.11. The van der Waals surface area contributed by atoms with E-state index in [1.54, 1.807) is 6.33 Å². The van der Waals surface area contributed by atoms with Crippen LogP contribution in [0.5, 0.6) is 0 Å². The van der Waals surface area contributed by atoms with E-state index in [0.717, 1.165) is 38.3 Å². The molecule has 5 heteroatoms. The van der Waals surface area contributed by atoms with E-state index < -0.39 is 0 Å². The van der Waals surface area contributed by atoms with Crippen molar-refractivity contribution < 1.29 is 0 Å². The zero-order chi connectivity index (χ0) is 9.60. The Balaban J connectivity index is 1.94. The molecule has 0 saturated carbocycles. The Morgan fingerprint density at radius 1 is 1.50 bits per heavy atom. The molecule has 0 radical (unpaired) electrons. The van der Waals surface area contributed by atoms with Crippen LogP contribution >= 0.6 is 0 Å². The summed E-state index contributed by atoms with van der Waals surface area (Å²) >= 11 is 0. The molecule has 76 valence electrons. The van der Waals surface area contributed by atoms with Gasteiger partial charge in [0, 0.05) is 12.0 Å². The molecule has 1 aromatic rings. The van der Waals surface area contributed by atoms with Gasteiger partial charge in [-0.25, -0.2) is 0 Å². The van der Waals surface area contributed by atoms with Crippen molar-refractivity contribution in [1.29, 1.82) is 0 Å². The number of hydrogen-bond donors (Lipinski definition) is 2. The lowest BCUT2D eigenvalue weighted by Gasteiger charge is -2.36. The molecule has 1 fully saturated rings. The summed E-state index contributed by atoms with van der Waals surface area (Å²) in [5.41, 5.74) is 6.50. The van der Waals surface area contributed by atoms with Gasteiger partial charge in [0.15, 0.2) is 0 Å². The quantitative estimate of drug-likeness (QED) is 0.591. The lowest BCUT2D eigenvalue weighted by molar-refractivity contribution is 0.159. The Bertz CT molecular complexity index is 339. The summed E-state index contributed by atoms with van der Waals surface area (Å²) in [6.07, 6.45) is 4.10. The van der Waals surface area contributed by atoms with Crippen LogP contribution in [0.1, 0.15) is 24.7 Å². The van der Waals surface area contributed by atoms with Gasteiger partial charge in [-0.15, -0.1) is 10.2 Å². The second-order valence-corrected chi connectivity index (χ2v) is 4.41. The maximum atomic E-state index is 6.25. The first kappa shape index (κ1) is 8.38. The minimum Gasteiger partial charge on any atom is -0.321 e. The van der Waals surface area contributed by atoms with Crippen molar-refractivity contribution in [3.05, 3.63) is 12.2 Å². The van der Waals surface area contributed by atoms with Crippen molar-refractivity contribution in [1.82, 2.24) is 20.1 Å². The minimum absolute atomic E-state index is 0.0760. The van der Waals surface area contributed by atoms with Crippen LogP contribution in [-0.4, -0.2) is 27.9 Å². The fourth-order valence-electron chi connectivity index (χ4n) is 2.73. The Morgan fingerprint density at radius 3 is 3.00 bits per heavy atom. The smallest absolute Gasteiger partial charge is 0.150 e. The average Bonchev–Trinajstić information content (AvgIpc) is 2.73. The number of hydrogen-bond acceptors (Lipinski definition) is 4. The van der Waals surface area contributed by atoms with Crippen LogP contribution in [0.2, 0.25) is 0 Å². The van der Waals surface area contributed by atoms with E-state index in [1.165, 1.54) is 0 Å². The Morgan fingerprint density at radius 2 is 2.29 bits per heavy atom. The highest BCUT2D eigenvalue weighted by atomic mass is 15.3. The van der Waals surface area contributed by atoms with Gasteiger partial charge in [-0.3, -0.25) is 0 Å². The summed E-state index contributed by atoms with van der Waals surface area (Å²) in [6, 6.07) is 0.0760. The van der Waals surface area contributed by atoms with Gasteiger partial charge in [-0.2, -0.15) is 0 Å². The molecule has 0 aromatic carbocycles. The molecule has 3 N–H and O–H groups in total. The first-order valence-electron chi connectivity index (χ1n) is 5.16. The third-order valence-electron chi connectivity index (χ3n) is 3.67. The molecule has 1 unspecified atom stereocenters. The molecule has 2 aliphatic rings. The lowest BCUT2D eigenvalue weighted by atomic mass is 9.75. The number of nitrogens with two attached hydrogens (primary N) is 1. The normalized spacial score (nSPS) is 29.4. The number of nitrogens with one attached hydrogen (secondary N) is 1. The van der Waals surface area contributed by atoms with E-state index in [4.69, 9.17) is 5.73 Å². The molecule has 2 aliphatic heterocycles. The van der Waals surface area contributed by atoms with Gasteiger partial charge >= 0.3 is 0 Å². The van der Waals surface area contributed by atoms with Crippen molar-refractivity contribution in [2.75, 3.05) is 13.1 Å². The molecule has 3 heterocycles. The van der Waals surface area contributed by atoms with Crippen LogP contribution in [-0.2, 0) is 6.54 Å². The SMILES string of the molecule is NC1c2nncn2CC12CCNCC2. The Kier molecular flexibility index (Phi) is 1.66. The fraction of sp³-hybridized carbons (Fsp3) is 0.778. The van der Waals surface area contributed by atoms with Crippen LogP contribution in [0.4, 0.5) is 0 Å². The van der Waals surface area contributed by atoms with E-state index in [-0.39, 0.29) is 11.5 Å². The van der Waals surface area contributed by atoms with Gasteiger partial charge < -0.3 is 15.6 Å². The fourth-order valence-corrected chi connectivity index (χ4v) is 2.73. The Hall–Kier alpha value is -0.940. The average molecular weight is 193 g/mol. The summed E-state index contributed by atoms with van der Waals surface area (Å²) < 4.78 is 2.11. The molecular weight excluding hydrogens is 178 g/mol. The number of nitrogens with zero attached hydrogens (tertiary/aromatic N) is 3. The second-order valence-electron chi connectivity index (χ2n) is 4.41. The number of piperidine rings is 1. The van der Waals surface area contributed by atoms with Crippen LogP contribution in [0, 0.1) is 5.41 Å². The van der Waals surface area contributed by atoms with Crippen molar-refractivity contribution in [2.45, 2.75) is 25.4 Å². The highest BCUT2D eigenvalue weighted by molar-refractivity contribution is 5.10. The van der Waals surface area contributed by atoms with Gasteiger partial charge in [-0.05, 0) is 25.9 Å². The first-order chi connectivity index (χ1) is 6.82. The maximum absolute atomic E-state index is 6.25. The van der Waals surface area contributed by atoms with Crippen molar-refractivity contribution in [2.24, 2.45) is 11.1 Å². The topological polar surface area (TPSA) is 68.8 Å². The molecule has 0 bridgehead atoms. The van der Waals surface area contributed by atoms with Gasteiger partial charge in [0.2, 0.25) is 0 Å². The summed E-state index contributed by atoms with van der Waals surface area (Å²) in [6.45, 7) is 3.15. The van der Waals surface area contributed by atoms with E-state index in [0.29, 0.717) is 0 Å². The van der Waals surface area contributed by atoms with Crippen molar-refractivity contribution in [3.63, 3.8) is 0 Å². The standard InChI is InChI=1S/C9H15N5/c10-7-8-13-12-6-14(8)5-9(7)1-3-11-4-2-9/h6-7,11H,1-5,10H2. The summed E-state index contributed by atoms with van der Waals surface area (Å²) in [5, 5.41) is 11.4. The number of aromatic nitrogens is 3. The van der Waals surface area contributed by atoms with Crippen molar-refractivity contribution >= 4 is 0 Å². The van der Waals surface area contributed by atoms with E-state index in [2.05, 4.69) is 20.1 Å². The van der Waals surface area contributed by atoms with Crippen LogP contribution < -0.4 is 11.1 Å². The monoisotopic (exact) mass is 193 g/mol. The molecule has 1 aromatic heterocycles. The summed E-state index contributed by atoms with van der Waals surface area (Å²) in [7, 11) is 0. The predicted molar refractivity (Wildman–Crippen MR) is 51.5 cm³/mol. The molecular formula is C9H15N5. The molecule has 5 nitrogen and oxygen atoms in total. The van der Waals surface area contributed by atoms with Crippen LogP contribution in [0.25, 0.3) is 0 Å². The first-order valence-corrected chi connectivity index (χ1v) is 5.16. The largest absolute Gasteiger partial charge is 0.321 e. The van der Waals surface area contributed by atoms with Gasteiger partial charge in [0.1, 0.15) is 12.2 Å². The van der Waals surface area contributed by atoms with E-state index in [1.807, 2.05) is 0 Å². The maximum Gasteiger partial charge on any atom is 0.150 e. The number of rotatable bonds is 0. The lowest BCUT2D eigenvalue weighted by Crippen LogP contribution is -2.42. The highest BCUT2D eigenvalue weighted by Crippen LogP contribution is 2.45. The third kappa shape index (κ3) is 0.965. The summed E-state index contributed by atoms with van der Waals surface area (Å²) in [5.74, 6) is 0.965. The van der Waals surface area contributed by atoms with E-state index >= 15 is 0 Å². The third-order valence-corrected chi connectivity index (χ3v) is 3.67. The Labute approximate surface area is 82.7 Å². The van der Waals surface area contributed by atoms with Gasteiger partial charge in [0.25, 0.3) is 0 Å². The molecule has 0 amide bonds. The van der Waals surface area contributed by atoms with Gasteiger partial charge in [-0.1, -0.05) is 0 Å². The van der Waals surface area contributed by atoms with Gasteiger partial charge in [0.05, 0.1) is 6.04 Å². The van der Waals surface area contributed by atoms with Crippen LogP contribution in [0.15, 0.2) is 6.33 Å². The molecule has 0 aliphatic carbocycles. The molecule has 1 saturated heterocycles. The predicted octanol–water partition coefficient (Wildman–Crippen LogP) is -0.339. The molecule has 14 heavy (non-hydrogen) atoms. The van der Waals surface area contributed by atoms with Crippen molar-refractivity contribution in [3.8, 4) is 0 Å². The van der Waals surface area contributed by atoms with Crippen LogP contribution in [0.3, 0.4) is 0 Å².